The summed E-state index contributed by atoms with van der Waals surface area (Å²) in [4.78, 5) is 8.53. The maximum absolute atomic E-state index is 13.6. The number of rotatable bonds is 5. The molecule has 5 heteroatoms. The van der Waals surface area contributed by atoms with Crippen LogP contribution in [-0.4, -0.2) is 16.5 Å². The highest BCUT2D eigenvalue weighted by molar-refractivity contribution is 5.60. The molecule has 0 atom stereocenters. The standard InChI is InChI=1S/C14H17FN4/c1-3-8-16-14-17-9-10(2)13(19-14)18-12-7-5-4-6-11(12)15/h4-7,9H,3,8H2,1-2H3,(H2,16,17,18,19). The summed E-state index contributed by atoms with van der Waals surface area (Å²) in [5.74, 6) is 0.855. The summed E-state index contributed by atoms with van der Waals surface area (Å²) in [7, 11) is 0. The van der Waals surface area contributed by atoms with Crippen LogP contribution < -0.4 is 10.6 Å². The highest BCUT2D eigenvalue weighted by atomic mass is 19.1. The minimum Gasteiger partial charge on any atom is -0.354 e. The van der Waals surface area contributed by atoms with Crippen LogP contribution in [0.4, 0.5) is 21.8 Å². The molecular formula is C14H17FN4. The number of para-hydroxylation sites is 1. The Kier molecular flexibility index (Phi) is 4.28. The lowest BCUT2D eigenvalue weighted by Gasteiger charge is -2.11. The van der Waals surface area contributed by atoms with Gasteiger partial charge in [-0.25, -0.2) is 9.37 Å². The highest BCUT2D eigenvalue weighted by Crippen LogP contribution is 2.21. The summed E-state index contributed by atoms with van der Waals surface area (Å²) in [6.07, 6.45) is 2.71. The van der Waals surface area contributed by atoms with Crippen molar-refractivity contribution in [3.8, 4) is 0 Å². The molecule has 0 radical (unpaired) electrons. The second kappa shape index (κ2) is 6.13. The van der Waals surface area contributed by atoms with E-state index in [1.807, 2.05) is 6.92 Å². The zero-order chi connectivity index (χ0) is 13.7. The van der Waals surface area contributed by atoms with Gasteiger partial charge in [-0.1, -0.05) is 19.1 Å². The number of nitrogens with one attached hydrogen (secondary N) is 2. The SMILES string of the molecule is CCCNc1ncc(C)c(Nc2ccccc2F)n1. The third-order valence-electron chi connectivity index (χ3n) is 2.63. The first-order valence-electron chi connectivity index (χ1n) is 6.29. The second-order valence-electron chi connectivity index (χ2n) is 4.26. The average molecular weight is 260 g/mol. The molecule has 0 saturated carbocycles. The van der Waals surface area contributed by atoms with Crippen LogP contribution in [0.15, 0.2) is 30.5 Å². The van der Waals surface area contributed by atoms with Crippen LogP contribution in [0.3, 0.4) is 0 Å². The fourth-order valence-electron chi connectivity index (χ4n) is 1.58. The van der Waals surface area contributed by atoms with Gasteiger partial charge in [-0.15, -0.1) is 0 Å². The van der Waals surface area contributed by atoms with Gasteiger partial charge in [0.2, 0.25) is 5.95 Å². The van der Waals surface area contributed by atoms with Gasteiger partial charge in [-0.3, -0.25) is 0 Å². The van der Waals surface area contributed by atoms with E-state index in [-0.39, 0.29) is 5.82 Å². The third kappa shape index (κ3) is 3.40. The van der Waals surface area contributed by atoms with Crippen molar-refractivity contribution in [3.05, 3.63) is 41.8 Å². The molecule has 0 amide bonds. The van der Waals surface area contributed by atoms with E-state index in [1.165, 1.54) is 6.07 Å². The van der Waals surface area contributed by atoms with Crippen LogP contribution in [-0.2, 0) is 0 Å². The number of benzene rings is 1. The first-order chi connectivity index (χ1) is 9.20. The zero-order valence-electron chi connectivity index (χ0n) is 11.1. The van der Waals surface area contributed by atoms with E-state index in [0.29, 0.717) is 17.5 Å². The van der Waals surface area contributed by atoms with Crippen molar-refractivity contribution in [2.45, 2.75) is 20.3 Å². The van der Waals surface area contributed by atoms with Gasteiger partial charge in [0.1, 0.15) is 11.6 Å². The first-order valence-corrected chi connectivity index (χ1v) is 6.29. The van der Waals surface area contributed by atoms with Crippen LogP contribution in [0.2, 0.25) is 0 Å². The van der Waals surface area contributed by atoms with Crippen molar-refractivity contribution in [1.29, 1.82) is 0 Å². The topological polar surface area (TPSA) is 49.8 Å². The minimum atomic E-state index is -0.302. The Labute approximate surface area is 112 Å². The lowest BCUT2D eigenvalue weighted by Crippen LogP contribution is -2.07. The fraction of sp³-hybridized carbons (Fsp3) is 0.286. The second-order valence-corrected chi connectivity index (χ2v) is 4.26. The summed E-state index contributed by atoms with van der Waals surface area (Å²) in [6.45, 7) is 4.76. The van der Waals surface area contributed by atoms with E-state index in [2.05, 4.69) is 27.5 Å². The molecule has 1 heterocycles. The van der Waals surface area contributed by atoms with Gasteiger partial charge in [0.15, 0.2) is 0 Å². The van der Waals surface area contributed by atoms with Crippen LogP contribution in [0.5, 0.6) is 0 Å². The van der Waals surface area contributed by atoms with Gasteiger partial charge in [-0.2, -0.15) is 4.98 Å². The highest BCUT2D eigenvalue weighted by Gasteiger charge is 2.06. The van der Waals surface area contributed by atoms with Gasteiger partial charge >= 0.3 is 0 Å². The van der Waals surface area contributed by atoms with Crippen LogP contribution in [0, 0.1) is 12.7 Å². The molecule has 0 fully saturated rings. The molecule has 2 rings (SSSR count). The van der Waals surface area contributed by atoms with Crippen molar-refractivity contribution in [2.24, 2.45) is 0 Å². The van der Waals surface area contributed by atoms with E-state index in [4.69, 9.17) is 0 Å². The molecule has 100 valence electrons. The van der Waals surface area contributed by atoms with Crippen molar-refractivity contribution in [1.82, 2.24) is 9.97 Å². The van der Waals surface area contributed by atoms with Crippen molar-refractivity contribution >= 4 is 17.5 Å². The lowest BCUT2D eigenvalue weighted by atomic mass is 10.3. The summed E-state index contributed by atoms with van der Waals surface area (Å²) < 4.78 is 13.6. The Morgan fingerprint density at radius 3 is 2.79 bits per heavy atom. The Morgan fingerprint density at radius 1 is 1.26 bits per heavy atom. The summed E-state index contributed by atoms with van der Waals surface area (Å²) in [5, 5.41) is 6.10. The molecular weight excluding hydrogens is 243 g/mol. The zero-order valence-corrected chi connectivity index (χ0v) is 11.1. The number of halogens is 1. The molecule has 19 heavy (non-hydrogen) atoms. The monoisotopic (exact) mass is 260 g/mol. The number of hydrogen-bond donors (Lipinski definition) is 2. The van der Waals surface area contributed by atoms with Gasteiger partial charge in [0.05, 0.1) is 5.69 Å². The van der Waals surface area contributed by atoms with Crippen molar-refractivity contribution in [3.63, 3.8) is 0 Å². The van der Waals surface area contributed by atoms with E-state index < -0.39 is 0 Å². The molecule has 0 aliphatic rings. The van der Waals surface area contributed by atoms with Crippen molar-refractivity contribution < 1.29 is 4.39 Å². The van der Waals surface area contributed by atoms with E-state index in [1.54, 1.807) is 24.4 Å². The molecule has 0 saturated heterocycles. The predicted molar refractivity (Wildman–Crippen MR) is 75.2 cm³/mol. The molecule has 4 nitrogen and oxygen atoms in total. The molecule has 0 aliphatic carbocycles. The average Bonchev–Trinajstić information content (AvgIpc) is 2.42. The van der Waals surface area contributed by atoms with E-state index in [9.17, 15) is 4.39 Å². The quantitative estimate of drug-likeness (QED) is 0.864. The largest absolute Gasteiger partial charge is 0.354 e. The lowest BCUT2D eigenvalue weighted by molar-refractivity contribution is 0.632. The first kappa shape index (κ1) is 13.3. The molecule has 0 bridgehead atoms. The minimum absolute atomic E-state index is 0.302. The smallest absolute Gasteiger partial charge is 0.224 e. The number of aryl methyl sites for hydroxylation is 1. The number of hydrogen-bond acceptors (Lipinski definition) is 4. The van der Waals surface area contributed by atoms with E-state index in [0.717, 1.165) is 18.5 Å². The van der Waals surface area contributed by atoms with Crippen LogP contribution in [0.25, 0.3) is 0 Å². The maximum atomic E-state index is 13.6. The van der Waals surface area contributed by atoms with Gasteiger partial charge in [0, 0.05) is 18.3 Å². The summed E-state index contributed by atoms with van der Waals surface area (Å²) in [5.41, 5.74) is 1.27. The normalized spacial score (nSPS) is 10.3. The number of nitrogens with zero attached hydrogens (tertiary/aromatic N) is 2. The third-order valence-corrected chi connectivity index (χ3v) is 2.63. The Hall–Kier alpha value is -2.17. The summed E-state index contributed by atoms with van der Waals surface area (Å²) >= 11 is 0. The Bertz CT molecular complexity index is 557. The van der Waals surface area contributed by atoms with Crippen LogP contribution in [0.1, 0.15) is 18.9 Å². The van der Waals surface area contributed by atoms with Gasteiger partial charge in [-0.05, 0) is 25.5 Å². The number of anilines is 3. The molecule has 0 aliphatic heterocycles. The fourth-order valence-corrected chi connectivity index (χ4v) is 1.58. The Balaban J connectivity index is 2.21. The van der Waals surface area contributed by atoms with E-state index >= 15 is 0 Å². The molecule has 1 aromatic carbocycles. The maximum Gasteiger partial charge on any atom is 0.224 e. The van der Waals surface area contributed by atoms with Gasteiger partial charge < -0.3 is 10.6 Å². The molecule has 0 unspecified atom stereocenters. The molecule has 2 aromatic rings. The van der Waals surface area contributed by atoms with Crippen molar-refractivity contribution in [2.75, 3.05) is 17.2 Å². The molecule has 0 spiro atoms. The summed E-state index contributed by atoms with van der Waals surface area (Å²) in [6, 6.07) is 6.52. The predicted octanol–water partition coefficient (Wildman–Crippen LogP) is 3.49. The van der Waals surface area contributed by atoms with Gasteiger partial charge in [0.25, 0.3) is 0 Å². The molecule has 1 aromatic heterocycles. The molecule has 2 N–H and O–H groups in total. The van der Waals surface area contributed by atoms with Crippen LogP contribution >= 0.6 is 0 Å². The Morgan fingerprint density at radius 2 is 2.05 bits per heavy atom. The number of aromatic nitrogens is 2.